The molecule has 1 aliphatic heterocycles. The molecule has 1 saturated heterocycles. The predicted molar refractivity (Wildman–Crippen MR) is 43.9 cm³/mol. The Morgan fingerprint density at radius 2 is 2.20 bits per heavy atom. The van der Waals surface area contributed by atoms with Gasteiger partial charge in [-0.3, -0.25) is 0 Å². The molecule has 0 aromatic rings. The van der Waals surface area contributed by atoms with Gasteiger partial charge < -0.3 is 10.6 Å². The molecule has 1 rings (SSSR count). The molecule has 0 bridgehead atoms. The molecule has 10 heavy (non-hydrogen) atoms. The Morgan fingerprint density at radius 3 is 2.60 bits per heavy atom. The molecule has 2 heteroatoms. The van der Waals surface area contributed by atoms with Gasteiger partial charge in [-0.15, -0.1) is 0 Å². The van der Waals surface area contributed by atoms with Crippen LogP contribution in [0.3, 0.4) is 0 Å². The molecule has 1 heterocycles. The minimum atomic E-state index is 0.396. The molecule has 2 N–H and O–H groups in total. The third-order valence-corrected chi connectivity index (χ3v) is 2.16. The monoisotopic (exact) mass is 142 g/mol. The van der Waals surface area contributed by atoms with E-state index in [1.165, 1.54) is 13.1 Å². The quantitative estimate of drug-likeness (QED) is 0.627. The Kier molecular flexibility index (Phi) is 2.69. The number of nitrogens with zero attached hydrogens (tertiary/aromatic N) is 1. The Hall–Kier alpha value is -0.0800. The summed E-state index contributed by atoms with van der Waals surface area (Å²) in [5, 5.41) is 0. The SMILES string of the molecule is CCC(N)CN1CC(C)C1. The number of likely N-dealkylation sites (tertiary alicyclic amines) is 1. The summed E-state index contributed by atoms with van der Waals surface area (Å²) in [6, 6.07) is 0.396. The molecule has 1 atom stereocenters. The Bertz CT molecular complexity index is 97.4. The van der Waals surface area contributed by atoms with E-state index < -0.39 is 0 Å². The van der Waals surface area contributed by atoms with Crippen molar-refractivity contribution in [3.8, 4) is 0 Å². The maximum Gasteiger partial charge on any atom is 0.0165 e. The van der Waals surface area contributed by atoms with E-state index in [4.69, 9.17) is 5.73 Å². The Balaban J connectivity index is 2.04. The van der Waals surface area contributed by atoms with Crippen LogP contribution in [0.5, 0.6) is 0 Å². The predicted octanol–water partition coefficient (Wildman–Crippen LogP) is 0.675. The van der Waals surface area contributed by atoms with E-state index in [1.807, 2.05) is 0 Å². The van der Waals surface area contributed by atoms with Crippen LogP contribution in [0, 0.1) is 5.92 Å². The number of hydrogen-bond acceptors (Lipinski definition) is 2. The highest BCUT2D eigenvalue weighted by Gasteiger charge is 2.22. The van der Waals surface area contributed by atoms with E-state index in [0.29, 0.717) is 6.04 Å². The van der Waals surface area contributed by atoms with Crippen molar-refractivity contribution < 1.29 is 0 Å². The van der Waals surface area contributed by atoms with Crippen molar-refractivity contribution >= 4 is 0 Å². The summed E-state index contributed by atoms with van der Waals surface area (Å²) in [4.78, 5) is 2.43. The summed E-state index contributed by atoms with van der Waals surface area (Å²) >= 11 is 0. The van der Waals surface area contributed by atoms with Crippen LogP contribution in [0.4, 0.5) is 0 Å². The molecular weight excluding hydrogens is 124 g/mol. The molecule has 60 valence electrons. The van der Waals surface area contributed by atoms with Crippen molar-refractivity contribution in [2.24, 2.45) is 11.7 Å². The van der Waals surface area contributed by atoms with Crippen LogP contribution < -0.4 is 5.73 Å². The first-order valence-corrected chi connectivity index (χ1v) is 4.20. The fourth-order valence-corrected chi connectivity index (χ4v) is 1.44. The van der Waals surface area contributed by atoms with Crippen LogP contribution in [0.15, 0.2) is 0 Å². The standard InChI is InChI=1S/C8H18N2/c1-3-8(9)6-10-4-7(2)5-10/h7-8H,3-6,9H2,1-2H3. The molecule has 0 aromatic carbocycles. The lowest BCUT2D eigenvalue weighted by molar-refractivity contribution is 0.105. The average molecular weight is 142 g/mol. The van der Waals surface area contributed by atoms with Crippen LogP contribution in [0.1, 0.15) is 20.3 Å². The lowest BCUT2D eigenvalue weighted by Gasteiger charge is -2.38. The first kappa shape index (κ1) is 8.02. The van der Waals surface area contributed by atoms with Crippen LogP contribution in [-0.4, -0.2) is 30.6 Å². The Morgan fingerprint density at radius 1 is 1.60 bits per heavy atom. The van der Waals surface area contributed by atoms with Crippen molar-refractivity contribution in [2.75, 3.05) is 19.6 Å². The molecule has 1 fully saturated rings. The molecule has 0 aromatic heterocycles. The maximum absolute atomic E-state index is 5.79. The zero-order chi connectivity index (χ0) is 7.56. The van der Waals surface area contributed by atoms with Crippen LogP contribution in [0.2, 0.25) is 0 Å². The number of rotatable bonds is 3. The lowest BCUT2D eigenvalue weighted by Crippen LogP contribution is -2.49. The first-order chi connectivity index (χ1) is 4.72. The molecule has 2 nitrogen and oxygen atoms in total. The molecule has 0 aliphatic carbocycles. The largest absolute Gasteiger partial charge is 0.327 e. The van der Waals surface area contributed by atoms with E-state index in [1.54, 1.807) is 0 Å². The zero-order valence-electron chi connectivity index (χ0n) is 7.01. The summed E-state index contributed by atoms with van der Waals surface area (Å²) in [6.45, 7) is 8.05. The summed E-state index contributed by atoms with van der Waals surface area (Å²) in [5.74, 6) is 0.907. The maximum atomic E-state index is 5.79. The molecule has 0 amide bonds. The summed E-state index contributed by atoms with van der Waals surface area (Å²) in [5.41, 5.74) is 5.79. The average Bonchev–Trinajstić information content (AvgIpc) is 1.84. The molecule has 0 radical (unpaired) electrons. The minimum absolute atomic E-state index is 0.396. The van der Waals surface area contributed by atoms with Gasteiger partial charge in [0.25, 0.3) is 0 Å². The van der Waals surface area contributed by atoms with Gasteiger partial charge in [-0.25, -0.2) is 0 Å². The van der Waals surface area contributed by atoms with E-state index in [0.717, 1.165) is 18.9 Å². The van der Waals surface area contributed by atoms with E-state index in [-0.39, 0.29) is 0 Å². The smallest absolute Gasteiger partial charge is 0.0165 e. The van der Waals surface area contributed by atoms with E-state index in [9.17, 15) is 0 Å². The number of nitrogens with two attached hydrogens (primary N) is 1. The topological polar surface area (TPSA) is 29.3 Å². The van der Waals surface area contributed by atoms with Gasteiger partial charge in [-0.2, -0.15) is 0 Å². The second-order valence-electron chi connectivity index (χ2n) is 3.49. The molecule has 0 spiro atoms. The highest BCUT2D eigenvalue weighted by Crippen LogP contribution is 2.13. The Labute approximate surface area is 63.4 Å². The lowest BCUT2D eigenvalue weighted by atomic mass is 10.0. The second kappa shape index (κ2) is 3.35. The molecule has 1 aliphatic rings. The van der Waals surface area contributed by atoms with Gasteiger partial charge in [-0.1, -0.05) is 13.8 Å². The molecule has 0 saturated carbocycles. The fraction of sp³-hybridized carbons (Fsp3) is 1.00. The summed E-state index contributed by atoms with van der Waals surface area (Å²) < 4.78 is 0. The fourth-order valence-electron chi connectivity index (χ4n) is 1.44. The van der Waals surface area contributed by atoms with Crippen LogP contribution in [-0.2, 0) is 0 Å². The number of hydrogen-bond donors (Lipinski definition) is 1. The van der Waals surface area contributed by atoms with Gasteiger partial charge >= 0.3 is 0 Å². The highest BCUT2D eigenvalue weighted by molar-refractivity contribution is 4.78. The third-order valence-electron chi connectivity index (χ3n) is 2.16. The molecule has 1 unspecified atom stereocenters. The van der Waals surface area contributed by atoms with Crippen LogP contribution in [0.25, 0.3) is 0 Å². The van der Waals surface area contributed by atoms with Gasteiger partial charge in [0.1, 0.15) is 0 Å². The summed E-state index contributed by atoms with van der Waals surface area (Å²) in [6.07, 6.45) is 1.10. The van der Waals surface area contributed by atoms with Crippen molar-refractivity contribution in [1.82, 2.24) is 4.90 Å². The van der Waals surface area contributed by atoms with Crippen LogP contribution >= 0.6 is 0 Å². The third kappa shape index (κ3) is 1.96. The highest BCUT2D eigenvalue weighted by atomic mass is 15.2. The van der Waals surface area contributed by atoms with Gasteiger partial charge in [-0.05, 0) is 12.3 Å². The van der Waals surface area contributed by atoms with Crippen molar-refractivity contribution in [3.63, 3.8) is 0 Å². The minimum Gasteiger partial charge on any atom is -0.327 e. The van der Waals surface area contributed by atoms with Crippen molar-refractivity contribution in [2.45, 2.75) is 26.3 Å². The van der Waals surface area contributed by atoms with E-state index in [2.05, 4.69) is 18.7 Å². The summed E-state index contributed by atoms with van der Waals surface area (Å²) in [7, 11) is 0. The van der Waals surface area contributed by atoms with Gasteiger partial charge in [0.05, 0.1) is 0 Å². The second-order valence-corrected chi connectivity index (χ2v) is 3.49. The first-order valence-electron chi connectivity index (χ1n) is 4.20. The van der Waals surface area contributed by atoms with Crippen molar-refractivity contribution in [3.05, 3.63) is 0 Å². The van der Waals surface area contributed by atoms with Gasteiger partial charge in [0.2, 0.25) is 0 Å². The normalized spacial score (nSPS) is 24.3. The molecular formula is C8H18N2. The van der Waals surface area contributed by atoms with Crippen molar-refractivity contribution in [1.29, 1.82) is 0 Å². The zero-order valence-corrected chi connectivity index (χ0v) is 7.01. The van der Waals surface area contributed by atoms with Gasteiger partial charge in [0.15, 0.2) is 0 Å². The van der Waals surface area contributed by atoms with Gasteiger partial charge in [0, 0.05) is 25.7 Å². The van der Waals surface area contributed by atoms with E-state index >= 15 is 0 Å².